The van der Waals surface area contributed by atoms with Crippen LogP contribution in [0.1, 0.15) is 63.5 Å². The van der Waals surface area contributed by atoms with Crippen molar-refractivity contribution in [2.45, 2.75) is 64.5 Å². The number of carbonyl (C=O) groups excluding carboxylic acids is 2. The van der Waals surface area contributed by atoms with Gasteiger partial charge in [0.05, 0.1) is 25.7 Å². The molecule has 160 valence electrons. The van der Waals surface area contributed by atoms with E-state index >= 15 is 0 Å². The van der Waals surface area contributed by atoms with Crippen molar-refractivity contribution in [1.82, 2.24) is 0 Å². The van der Waals surface area contributed by atoms with E-state index in [0.29, 0.717) is 25.6 Å². The van der Waals surface area contributed by atoms with Crippen LogP contribution < -0.4 is 0 Å². The van der Waals surface area contributed by atoms with Crippen LogP contribution in [0.2, 0.25) is 0 Å². The van der Waals surface area contributed by atoms with Gasteiger partial charge in [0.2, 0.25) is 5.72 Å². The molecule has 29 heavy (non-hydrogen) atoms. The lowest BCUT2D eigenvalue weighted by Crippen LogP contribution is -2.38. The Hall–Kier alpha value is -2.28. The fourth-order valence-electron chi connectivity index (χ4n) is 3.23. The van der Waals surface area contributed by atoms with E-state index in [2.05, 4.69) is 19.0 Å². The average Bonchev–Trinajstić information content (AvgIpc) is 2.71. The molecule has 0 aliphatic carbocycles. The Morgan fingerprint density at radius 3 is 2.38 bits per heavy atom. The minimum Gasteiger partial charge on any atom is -0.465 e. The normalized spacial score (nSPS) is 16.8. The number of carbonyl (C=O) groups is 2. The molecule has 1 unspecified atom stereocenters. The van der Waals surface area contributed by atoms with E-state index in [1.807, 2.05) is 24.3 Å². The van der Waals surface area contributed by atoms with E-state index in [-0.39, 0.29) is 37.8 Å². The Morgan fingerprint density at radius 2 is 1.79 bits per heavy atom. The third kappa shape index (κ3) is 7.24. The van der Waals surface area contributed by atoms with Gasteiger partial charge in [-0.2, -0.15) is 0 Å². The van der Waals surface area contributed by atoms with Crippen LogP contribution in [0.5, 0.6) is 0 Å². The number of hydrogen-bond donors (Lipinski definition) is 0. The Labute approximate surface area is 172 Å². The molecule has 1 aromatic carbocycles. The topological polar surface area (TPSA) is 91.3 Å². The first-order chi connectivity index (χ1) is 13.8. The molecule has 7 nitrogen and oxygen atoms in total. The predicted molar refractivity (Wildman–Crippen MR) is 108 cm³/mol. The van der Waals surface area contributed by atoms with Gasteiger partial charge in [-0.15, -0.1) is 4.91 Å². The second-order valence-electron chi connectivity index (χ2n) is 7.96. The molecular weight excluding hydrogens is 374 g/mol. The molecule has 0 saturated carbocycles. The largest absolute Gasteiger partial charge is 0.465 e. The van der Waals surface area contributed by atoms with Gasteiger partial charge in [-0.1, -0.05) is 38.1 Å². The second-order valence-corrected chi connectivity index (χ2v) is 7.96. The van der Waals surface area contributed by atoms with E-state index in [9.17, 15) is 14.5 Å². The highest BCUT2D eigenvalue weighted by atomic mass is 16.6. The smallest absolute Gasteiger partial charge is 0.313 e. The Kier molecular flexibility index (Phi) is 8.76. The van der Waals surface area contributed by atoms with E-state index < -0.39 is 11.7 Å². The number of hydrogen-bond acceptors (Lipinski definition) is 7. The van der Waals surface area contributed by atoms with Crippen LogP contribution in [-0.4, -0.2) is 37.5 Å². The number of benzene rings is 1. The van der Waals surface area contributed by atoms with Gasteiger partial charge in [-0.25, -0.2) is 0 Å². The van der Waals surface area contributed by atoms with Gasteiger partial charge < -0.3 is 14.2 Å². The lowest BCUT2D eigenvalue weighted by molar-refractivity contribution is -0.169. The molecule has 0 spiro atoms. The number of nitrogens with zero attached hydrogens (tertiary/aromatic N) is 1. The molecule has 1 heterocycles. The van der Waals surface area contributed by atoms with Gasteiger partial charge in [0.15, 0.2) is 0 Å². The highest BCUT2D eigenvalue weighted by molar-refractivity contribution is 5.77. The third-order valence-corrected chi connectivity index (χ3v) is 4.99. The second kappa shape index (κ2) is 11.0. The van der Waals surface area contributed by atoms with Gasteiger partial charge in [0.1, 0.15) is 0 Å². The van der Waals surface area contributed by atoms with Crippen LogP contribution in [-0.2, 0) is 30.2 Å². The Morgan fingerprint density at radius 1 is 1.14 bits per heavy atom. The summed E-state index contributed by atoms with van der Waals surface area (Å²) in [6, 6.07) is 8.01. The van der Waals surface area contributed by atoms with Crippen LogP contribution in [0.4, 0.5) is 0 Å². The molecule has 1 aliphatic heterocycles. The number of esters is 2. The molecule has 1 aromatic rings. The van der Waals surface area contributed by atoms with E-state index in [4.69, 9.17) is 14.2 Å². The molecule has 2 rings (SSSR count). The molecular formula is C22H31NO6. The molecule has 0 radical (unpaired) electrons. The predicted octanol–water partition coefficient (Wildman–Crippen LogP) is 4.13. The fraction of sp³-hybridized carbons (Fsp3) is 0.636. The van der Waals surface area contributed by atoms with Gasteiger partial charge in [-0.3, -0.25) is 9.59 Å². The summed E-state index contributed by atoms with van der Waals surface area (Å²) in [5.74, 6) is -0.639. The first-order valence-electron chi connectivity index (χ1n) is 10.2. The van der Waals surface area contributed by atoms with Crippen LogP contribution in [0.15, 0.2) is 29.4 Å². The van der Waals surface area contributed by atoms with Gasteiger partial charge >= 0.3 is 11.9 Å². The maximum absolute atomic E-state index is 12.3. The van der Waals surface area contributed by atoms with Crippen molar-refractivity contribution in [3.8, 4) is 0 Å². The maximum Gasteiger partial charge on any atom is 0.313 e. The quantitative estimate of drug-likeness (QED) is 0.330. The first-order valence-corrected chi connectivity index (χ1v) is 10.2. The van der Waals surface area contributed by atoms with Gasteiger partial charge in [0.25, 0.3) is 0 Å². The molecule has 0 aromatic heterocycles. The van der Waals surface area contributed by atoms with Crippen LogP contribution in [0.3, 0.4) is 0 Å². The van der Waals surface area contributed by atoms with Crippen molar-refractivity contribution in [3.05, 3.63) is 40.3 Å². The fourth-order valence-corrected chi connectivity index (χ4v) is 3.23. The standard InChI is InChI=1S/C22H31NO6/c1-16(2)15-18-6-8-19(9-7-18)17(3)21(25)28-12-4-5-20(24)29-22(23-26)10-13-27-14-11-22/h6-9,16-17H,4-5,10-15H2,1-3H3. The minimum atomic E-state index is -1.32. The summed E-state index contributed by atoms with van der Waals surface area (Å²) in [6.45, 7) is 6.94. The van der Waals surface area contributed by atoms with Crippen molar-refractivity contribution in [1.29, 1.82) is 0 Å². The molecule has 0 N–H and O–H groups in total. The van der Waals surface area contributed by atoms with E-state index in [1.54, 1.807) is 6.92 Å². The summed E-state index contributed by atoms with van der Waals surface area (Å²) in [7, 11) is 0. The lowest BCUT2D eigenvalue weighted by atomic mass is 9.97. The molecule has 1 atom stereocenters. The van der Waals surface area contributed by atoms with Crippen LogP contribution in [0.25, 0.3) is 0 Å². The number of ether oxygens (including phenoxy) is 3. The average molecular weight is 405 g/mol. The number of rotatable bonds is 10. The molecule has 1 saturated heterocycles. The van der Waals surface area contributed by atoms with Gasteiger partial charge in [0, 0.05) is 19.3 Å². The van der Waals surface area contributed by atoms with Crippen LogP contribution >= 0.6 is 0 Å². The first kappa shape index (κ1) is 23.0. The molecule has 7 heteroatoms. The molecule has 1 fully saturated rings. The molecule has 0 bridgehead atoms. The monoisotopic (exact) mass is 405 g/mol. The highest BCUT2D eigenvalue weighted by Crippen LogP contribution is 2.27. The summed E-state index contributed by atoms with van der Waals surface area (Å²) in [5.41, 5.74) is 0.831. The minimum absolute atomic E-state index is 0.0592. The molecule has 1 aliphatic rings. The molecule has 0 amide bonds. The van der Waals surface area contributed by atoms with E-state index in [1.165, 1.54) is 5.56 Å². The van der Waals surface area contributed by atoms with Crippen molar-refractivity contribution in [2.24, 2.45) is 11.1 Å². The zero-order chi connectivity index (χ0) is 21.3. The number of nitroso groups, excluding NO2 is 1. The Balaban J connectivity index is 1.71. The lowest BCUT2D eigenvalue weighted by Gasteiger charge is -2.29. The van der Waals surface area contributed by atoms with Crippen molar-refractivity contribution in [3.63, 3.8) is 0 Å². The van der Waals surface area contributed by atoms with Gasteiger partial charge in [-0.05, 0) is 42.0 Å². The Bertz CT molecular complexity index is 679. The van der Waals surface area contributed by atoms with Crippen molar-refractivity contribution >= 4 is 11.9 Å². The summed E-state index contributed by atoms with van der Waals surface area (Å²) >= 11 is 0. The van der Waals surface area contributed by atoms with Crippen molar-refractivity contribution < 1.29 is 23.8 Å². The van der Waals surface area contributed by atoms with Crippen LogP contribution in [0, 0.1) is 10.8 Å². The summed E-state index contributed by atoms with van der Waals surface area (Å²) in [4.78, 5) is 35.3. The summed E-state index contributed by atoms with van der Waals surface area (Å²) < 4.78 is 15.7. The zero-order valence-electron chi connectivity index (χ0n) is 17.5. The summed E-state index contributed by atoms with van der Waals surface area (Å²) in [6.07, 6.45) is 1.93. The summed E-state index contributed by atoms with van der Waals surface area (Å²) in [5, 5.41) is 3.00. The zero-order valence-corrected chi connectivity index (χ0v) is 17.5. The van der Waals surface area contributed by atoms with E-state index in [0.717, 1.165) is 12.0 Å². The SMILES string of the molecule is CC(C)Cc1ccc(C(C)C(=O)OCCCC(=O)OC2(N=O)CCOCC2)cc1. The van der Waals surface area contributed by atoms with Crippen molar-refractivity contribution in [2.75, 3.05) is 19.8 Å². The highest BCUT2D eigenvalue weighted by Gasteiger charge is 2.38. The maximum atomic E-state index is 12.3. The third-order valence-electron chi connectivity index (χ3n) is 4.99.